The van der Waals surface area contributed by atoms with Gasteiger partial charge in [0.2, 0.25) is 5.91 Å². The molecule has 1 atom stereocenters. The van der Waals surface area contributed by atoms with Crippen molar-refractivity contribution in [2.45, 2.75) is 31.8 Å². The summed E-state index contributed by atoms with van der Waals surface area (Å²) < 4.78 is 1.01. The number of benzene rings is 1. The van der Waals surface area contributed by atoms with E-state index >= 15 is 0 Å². The topological polar surface area (TPSA) is 64.0 Å². The lowest BCUT2D eigenvalue weighted by atomic mass is 9.88. The Morgan fingerprint density at radius 3 is 2.96 bits per heavy atom. The van der Waals surface area contributed by atoms with E-state index in [-0.39, 0.29) is 28.5 Å². The molecule has 1 heterocycles. The van der Waals surface area contributed by atoms with Crippen LogP contribution in [0.5, 0.6) is 0 Å². The minimum Gasteiger partial charge on any atom is -0.348 e. The summed E-state index contributed by atoms with van der Waals surface area (Å²) in [5.41, 5.74) is 1.83. The van der Waals surface area contributed by atoms with Crippen molar-refractivity contribution in [3.63, 3.8) is 0 Å². The van der Waals surface area contributed by atoms with E-state index in [2.05, 4.69) is 16.5 Å². The van der Waals surface area contributed by atoms with E-state index in [1.165, 1.54) is 11.8 Å². The molecule has 5 nitrogen and oxygen atoms in total. The van der Waals surface area contributed by atoms with Crippen LogP contribution in [0.3, 0.4) is 0 Å². The first-order chi connectivity index (χ1) is 11.1. The highest BCUT2D eigenvalue weighted by atomic mass is 35.5. The summed E-state index contributed by atoms with van der Waals surface area (Å²) in [6.07, 6.45) is 4.18. The number of amides is 1. The average molecular weight is 352 g/mol. The molecule has 0 spiro atoms. The van der Waals surface area contributed by atoms with Crippen molar-refractivity contribution in [3.05, 3.63) is 62.0 Å². The van der Waals surface area contributed by atoms with Crippen LogP contribution < -0.4 is 10.9 Å². The number of hydrogen-bond donors (Lipinski definition) is 1. The van der Waals surface area contributed by atoms with Gasteiger partial charge in [0.1, 0.15) is 11.6 Å². The molecule has 1 aromatic heterocycles. The molecule has 2 aromatic rings. The Balaban J connectivity index is 1.74. The lowest BCUT2D eigenvalue weighted by Gasteiger charge is -2.26. The van der Waals surface area contributed by atoms with E-state index in [0.717, 1.165) is 29.5 Å². The van der Waals surface area contributed by atoms with Crippen LogP contribution in [-0.2, 0) is 17.8 Å². The van der Waals surface area contributed by atoms with Gasteiger partial charge in [-0.3, -0.25) is 9.59 Å². The van der Waals surface area contributed by atoms with E-state index in [4.69, 9.17) is 23.2 Å². The molecule has 0 aliphatic heterocycles. The van der Waals surface area contributed by atoms with Gasteiger partial charge in [-0.2, -0.15) is 5.10 Å². The molecule has 1 aromatic carbocycles. The minimum absolute atomic E-state index is 0.0362. The van der Waals surface area contributed by atoms with Gasteiger partial charge >= 0.3 is 0 Å². The first kappa shape index (κ1) is 16.0. The summed E-state index contributed by atoms with van der Waals surface area (Å²) >= 11 is 11.5. The lowest BCUT2D eigenvalue weighted by Crippen LogP contribution is -2.37. The third-order valence-corrected chi connectivity index (χ3v) is 4.69. The van der Waals surface area contributed by atoms with Gasteiger partial charge in [-0.1, -0.05) is 47.5 Å². The van der Waals surface area contributed by atoms with Gasteiger partial charge in [0, 0.05) is 0 Å². The van der Waals surface area contributed by atoms with E-state index in [1.54, 1.807) is 0 Å². The summed E-state index contributed by atoms with van der Waals surface area (Å²) in [6.45, 7) is -0.186. The summed E-state index contributed by atoms with van der Waals surface area (Å²) in [5.74, 6) is -0.278. The lowest BCUT2D eigenvalue weighted by molar-refractivity contribution is -0.122. The number of aromatic nitrogens is 2. The molecule has 0 saturated heterocycles. The van der Waals surface area contributed by atoms with Crippen LogP contribution in [0.1, 0.15) is 30.0 Å². The van der Waals surface area contributed by atoms with Gasteiger partial charge in [0.15, 0.2) is 0 Å². The Labute approximate surface area is 143 Å². The fourth-order valence-electron chi connectivity index (χ4n) is 2.84. The zero-order chi connectivity index (χ0) is 16.4. The second-order valence-corrected chi connectivity index (χ2v) is 6.27. The van der Waals surface area contributed by atoms with Crippen LogP contribution in [0.15, 0.2) is 35.3 Å². The number of halogens is 2. The number of carbonyl (C=O) groups is 1. The van der Waals surface area contributed by atoms with Crippen LogP contribution in [-0.4, -0.2) is 15.7 Å². The van der Waals surface area contributed by atoms with Gasteiger partial charge in [-0.15, -0.1) is 0 Å². The molecule has 7 heteroatoms. The number of hydrogen-bond acceptors (Lipinski definition) is 3. The molecule has 0 radical (unpaired) electrons. The van der Waals surface area contributed by atoms with Gasteiger partial charge in [-0.05, 0) is 30.4 Å². The number of fused-ring (bicyclic) bond motifs is 1. The fourth-order valence-corrected chi connectivity index (χ4v) is 3.11. The second-order valence-electron chi connectivity index (χ2n) is 5.48. The van der Waals surface area contributed by atoms with E-state index in [1.807, 2.05) is 18.2 Å². The largest absolute Gasteiger partial charge is 0.348 e. The summed E-state index contributed by atoms with van der Waals surface area (Å²) in [5, 5.41) is 6.76. The fraction of sp³-hybridized carbons (Fsp3) is 0.312. The highest BCUT2D eigenvalue weighted by Gasteiger charge is 2.21. The molecular weight excluding hydrogens is 337 g/mol. The Bertz CT molecular complexity index is 804. The Morgan fingerprint density at radius 2 is 2.13 bits per heavy atom. The number of rotatable bonds is 3. The number of nitrogens with one attached hydrogen (secondary N) is 1. The summed E-state index contributed by atoms with van der Waals surface area (Å²) in [6, 6.07) is 8.05. The highest BCUT2D eigenvalue weighted by molar-refractivity contribution is 6.41. The third-order valence-electron chi connectivity index (χ3n) is 3.94. The quantitative estimate of drug-likeness (QED) is 0.924. The van der Waals surface area contributed by atoms with Crippen molar-refractivity contribution in [2.24, 2.45) is 0 Å². The molecule has 0 unspecified atom stereocenters. The van der Waals surface area contributed by atoms with Crippen molar-refractivity contribution >= 4 is 29.1 Å². The first-order valence-corrected chi connectivity index (χ1v) is 8.10. The molecule has 120 valence electrons. The van der Waals surface area contributed by atoms with Gasteiger partial charge < -0.3 is 5.32 Å². The van der Waals surface area contributed by atoms with Crippen molar-refractivity contribution in [2.75, 3.05) is 0 Å². The molecular formula is C16H15Cl2N3O2. The predicted octanol–water partition coefficient (Wildman–Crippen LogP) is 2.74. The summed E-state index contributed by atoms with van der Waals surface area (Å²) in [7, 11) is 0. The first-order valence-electron chi connectivity index (χ1n) is 7.34. The maximum Gasteiger partial charge on any atom is 0.287 e. The van der Waals surface area contributed by atoms with Crippen molar-refractivity contribution in [1.82, 2.24) is 15.1 Å². The van der Waals surface area contributed by atoms with Crippen molar-refractivity contribution in [3.8, 4) is 0 Å². The minimum atomic E-state index is -0.571. The smallest absolute Gasteiger partial charge is 0.287 e. The van der Waals surface area contributed by atoms with E-state index < -0.39 is 5.56 Å². The maximum absolute atomic E-state index is 12.3. The van der Waals surface area contributed by atoms with Crippen LogP contribution in [0.25, 0.3) is 0 Å². The predicted molar refractivity (Wildman–Crippen MR) is 88.8 cm³/mol. The zero-order valence-electron chi connectivity index (χ0n) is 12.3. The van der Waals surface area contributed by atoms with Crippen LogP contribution >= 0.6 is 23.2 Å². The third kappa shape index (κ3) is 3.41. The molecule has 23 heavy (non-hydrogen) atoms. The van der Waals surface area contributed by atoms with E-state index in [0.29, 0.717) is 0 Å². The number of carbonyl (C=O) groups excluding carboxylic acids is 1. The Morgan fingerprint density at radius 1 is 1.35 bits per heavy atom. The van der Waals surface area contributed by atoms with Gasteiger partial charge in [-0.25, -0.2) is 4.68 Å². The molecule has 0 fully saturated rings. The Kier molecular flexibility index (Phi) is 4.68. The van der Waals surface area contributed by atoms with Crippen LogP contribution in [0.4, 0.5) is 0 Å². The molecule has 1 N–H and O–H groups in total. The monoisotopic (exact) mass is 351 g/mol. The number of aryl methyl sites for hydroxylation is 1. The van der Waals surface area contributed by atoms with Crippen LogP contribution in [0.2, 0.25) is 10.0 Å². The SMILES string of the molecule is O=C(Cn1ncc(Cl)c(Cl)c1=O)N[C@H]1CCCc2ccccc21. The summed E-state index contributed by atoms with van der Waals surface area (Å²) in [4.78, 5) is 24.2. The molecule has 1 aliphatic rings. The Hall–Kier alpha value is -1.85. The zero-order valence-corrected chi connectivity index (χ0v) is 13.8. The van der Waals surface area contributed by atoms with Gasteiger partial charge in [0.05, 0.1) is 17.3 Å². The molecule has 3 rings (SSSR count). The van der Waals surface area contributed by atoms with Crippen LogP contribution in [0, 0.1) is 0 Å². The molecule has 0 saturated carbocycles. The molecule has 0 bridgehead atoms. The van der Waals surface area contributed by atoms with Gasteiger partial charge in [0.25, 0.3) is 5.56 Å². The van der Waals surface area contributed by atoms with Crippen molar-refractivity contribution in [1.29, 1.82) is 0 Å². The number of nitrogens with zero attached hydrogens (tertiary/aromatic N) is 2. The van der Waals surface area contributed by atoms with Crippen molar-refractivity contribution < 1.29 is 4.79 Å². The standard InChI is InChI=1S/C16H15Cl2N3O2/c17-12-8-19-21(16(23)15(12)18)9-14(22)20-13-7-3-5-10-4-1-2-6-11(10)13/h1-2,4,6,8,13H,3,5,7,9H2,(H,20,22)/t13-/m0/s1. The second kappa shape index (κ2) is 6.72. The molecule has 1 amide bonds. The normalized spacial score (nSPS) is 16.7. The van der Waals surface area contributed by atoms with E-state index in [9.17, 15) is 9.59 Å². The maximum atomic E-state index is 12.3. The molecule has 1 aliphatic carbocycles. The average Bonchev–Trinajstić information content (AvgIpc) is 2.56. The highest BCUT2D eigenvalue weighted by Crippen LogP contribution is 2.29.